The largest absolute Gasteiger partial charge is 0.497 e. The molecule has 0 aliphatic heterocycles. The molecular weight excluding hydrogens is 310 g/mol. The molecule has 3 heteroatoms. The van der Waals surface area contributed by atoms with Gasteiger partial charge in [-0.05, 0) is 34.4 Å². The van der Waals surface area contributed by atoms with Crippen LogP contribution in [0.4, 0.5) is 0 Å². The molecule has 0 amide bonds. The number of methoxy groups -OCH3 is 1. The molecule has 0 aromatic heterocycles. The smallest absolute Gasteiger partial charge is 0.118 e. The fourth-order valence-electron chi connectivity index (χ4n) is 2.96. The van der Waals surface area contributed by atoms with Crippen LogP contribution in [0.3, 0.4) is 0 Å². The van der Waals surface area contributed by atoms with Crippen LogP contribution in [0.25, 0.3) is 11.1 Å². The fourth-order valence-corrected chi connectivity index (χ4v) is 2.96. The summed E-state index contributed by atoms with van der Waals surface area (Å²) >= 11 is 0. The molecule has 3 rings (SSSR count). The van der Waals surface area contributed by atoms with Crippen LogP contribution < -0.4 is 10.2 Å². The number of hydrogen-bond acceptors (Lipinski definition) is 3. The summed E-state index contributed by atoms with van der Waals surface area (Å²) in [5.74, 6) is 0.728. The van der Waals surface area contributed by atoms with Crippen molar-refractivity contribution in [2.75, 3.05) is 7.11 Å². The zero-order valence-electron chi connectivity index (χ0n) is 14.1. The molecular formula is C22H21NO2. The van der Waals surface area contributed by atoms with Gasteiger partial charge in [0.05, 0.1) is 13.0 Å². The second-order valence-corrected chi connectivity index (χ2v) is 5.83. The molecule has 0 fully saturated rings. The number of hydrogen-bond donors (Lipinski definition) is 2. The Labute approximate surface area is 148 Å². The number of nitrogens with one attached hydrogen (secondary N) is 1. The fraction of sp³-hybridized carbons (Fsp3) is 0.0909. The van der Waals surface area contributed by atoms with E-state index in [-0.39, 0.29) is 5.92 Å². The van der Waals surface area contributed by atoms with Gasteiger partial charge in [0.2, 0.25) is 0 Å². The van der Waals surface area contributed by atoms with Crippen molar-refractivity contribution in [1.29, 1.82) is 0 Å². The lowest BCUT2D eigenvalue weighted by atomic mass is 9.88. The van der Waals surface area contributed by atoms with E-state index in [2.05, 4.69) is 36.3 Å². The van der Waals surface area contributed by atoms with Gasteiger partial charge in [0.25, 0.3) is 0 Å². The molecule has 3 aromatic carbocycles. The van der Waals surface area contributed by atoms with Gasteiger partial charge in [0, 0.05) is 5.70 Å². The molecule has 0 heterocycles. The second-order valence-electron chi connectivity index (χ2n) is 5.83. The van der Waals surface area contributed by atoms with E-state index in [1.807, 2.05) is 54.6 Å². The summed E-state index contributed by atoms with van der Waals surface area (Å²) in [5.41, 5.74) is 7.15. The summed E-state index contributed by atoms with van der Waals surface area (Å²) in [6.45, 7) is 3.95. The number of allylic oxidation sites excluding steroid dienone is 1. The molecule has 3 nitrogen and oxygen atoms in total. The van der Waals surface area contributed by atoms with E-state index in [0.29, 0.717) is 5.70 Å². The predicted octanol–water partition coefficient (Wildman–Crippen LogP) is 4.99. The molecule has 126 valence electrons. The molecule has 0 aliphatic carbocycles. The first-order valence-electron chi connectivity index (χ1n) is 8.11. The number of benzene rings is 3. The summed E-state index contributed by atoms with van der Waals surface area (Å²) in [5, 5.41) is 9.35. The summed E-state index contributed by atoms with van der Waals surface area (Å²) in [6.07, 6.45) is 0. The molecule has 0 saturated heterocycles. The van der Waals surface area contributed by atoms with Gasteiger partial charge in [0.15, 0.2) is 0 Å². The Morgan fingerprint density at radius 3 is 1.88 bits per heavy atom. The number of rotatable bonds is 6. The Morgan fingerprint density at radius 2 is 1.36 bits per heavy atom. The third kappa shape index (κ3) is 3.73. The molecule has 0 radical (unpaired) electrons. The Bertz CT molecular complexity index is 824. The van der Waals surface area contributed by atoms with Crippen molar-refractivity contribution in [3.63, 3.8) is 0 Å². The minimum atomic E-state index is -0.115. The molecule has 0 spiro atoms. The number of ether oxygens (including phenoxy) is 1. The highest BCUT2D eigenvalue weighted by Crippen LogP contribution is 2.31. The Hall–Kier alpha value is -3.04. The lowest BCUT2D eigenvalue weighted by Crippen LogP contribution is -2.15. The van der Waals surface area contributed by atoms with Gasteiger partial charge >= 0.3 is 0 Å². The minimum Gasteiger partial charge on any atom is -0.497 e. The van der Waals surface area contributed by atoms with Crippen LogP contribution in [0.2, 0.25) is 0 Å². The van der Waals surface area contributed by atoms with Crippen molar-refractivity contribution in [3.8, 4) is 16.9 Å². The third-order valence-electron chi connectivity index (χ3n) is 4.29. The van der Waals surface area contributed by atoms with Crippen LogP contribution in [0.1, 0.15) is 17.0 Å². The molecule has 0 bridgehead atoms. The van der Waals surface area contributed by atoms with Gasteiger partial charge in [-0.3, -0.25) is 10.7 Å². The van der Waals surface area contributed by atoms with Crippen LogP contribution in [0, 0.1) is 0 Å². The maximum absolute atomic E-state index is 9.35. The van der Waals surface area contributed by atoms with Gasteiger partial charge in [-0.2, -0.15) is 0 Å². The predicted molar refractivity (Wildman–Crippen MR) is 101 cm³/mol. The quantitative estimate of drug-likeness (QED) is 0.626. The maximum atomic E-state index is 9.35. The monoisotopic (exact) mass is 331 g/mol. The van der Waals surface area contributed by atoms with Crippen LogP contribution in [-0.4, -0.2) is 12.3 Å². The summed E-state index contributed by atoms with van der Waals surface area (Å²) in [7, 11) is 1.66. The van der Waals surface area contributed by atoms with Crippen LogP contribution in [-0.2, 0) is 0 Å². The van der Waals surface area contributed by atoms with E-state index in [9.17, 15) is 5.21 Å². The lowest BCUT2D eigenvalue weighted by molar-refractivity contribution is 0.195. The molecule has 0 saturated carbocycles. The topological polar surface area (TPSA) is 41.5 Å². The molecule has 25 heavy (non-hydrogen) atoms. The average Bonchev–Trinajstić information content (AvgIpc) is 2.69. The van der Waals surface area contributed by atoms with Crippen LogP contribution >= 0.6 is 0 Å². The molecule has 1 atom stereocenters. The van der Waals surface area contributed by atoms with E-state index in [4.69, 9.17) is 4.74 Å². The maximum Gasteiger partial charge on any atom is 0.118 e. The van der Waals surface area contributed by atoms with Crippen molar-refractivity contribution in [2.45, 2.75) is 5.92 Å². The Balaban J connectivity index is 1.92. The molecule has 2 N–H and O–H groups in total. The van der Waals surface area contributed by atoms with Crippen molar-refractivity contribution in [1.82, 2.24) is 5.48 Å². The first-order chi connectivity index (χ1) is 12.2. The standard InChI is InChI=1S/C22H21NO2/c1-16(23-24)22(19-6-4-3-5-7-19)20-10-8-17(9-11-20)18-12-14-21(25-2)15-13-18/h3-15,22-24H,1H2,2H3. The van der Waals surface area contributed by atoms with E-state index < -0.39 is 0 Å². The summed E-state index contributed by atoms with van der Waals surface area (Å²) < 4.78 is 5.20. The zero-order valence-corrected chi connectivity index (χ0v) is 14.1. The van der Waals surface area contributed by atoms with E-state index in [1.54, 1.807) is 7.11 Å². The SMILES string of the molecule is C=C(NO)C(c1ccccc1)c1ccc(-c2ccc(OC)cc2)cc1. The Kier molecular flexibility index (Phi) is 5.17. The Morgan fingerprint density at radius 1 is 0.840 bits per heavy atom. The van der Waals surface area contributed by atoms with Gasteiger partial charge < -0.3 is 4.74 Å². The van der Waals surface area contributed by atoms with Crippen molar-refractivity contribution in [3.05, 3.63) is 102 Å². The highest BCUT2D eigenvalue weighted by molar-refractivity contribution is 5.65. The second kappa shape index (κ2) is 7.69. The number of hydroxylamine groups is 1. The minimum absolute atomic E-state index is 0.115. The van der Waals surface area contributed by atoms with Crippen LogP contribution in [0.15, 0.2) is 91.1 Å². The van der Waals surface area contributed by atoms with E-state index in [0.717, 1.165) is 28.0 Å². The van der Waals surface area contributed by atoms with Gasteiger partial charge in [-0.15, -0.1) is 0 Å². The van der Waals surface area contributed by atoms with E-state index >= 15 is 0 Å². The first-order valence-corrected chi connectivity index (χ1v) is 8.11. The van der Waals surface area contributed by atoms with Crippen molar-refractivity contribution < 1.29 is 9.94 Å². The first kappa shape index (κ1) is 16.8. The zero-order chi connectivity index (χ0) is 17.6. The van der Waals surface area contributed by atoms with Crippen molar-refractivity contribution in [2.24, 2.45) is 0 Å². The highest BCUT2D eigenvalue weighted by atomic mass is 16.5. The highest BCUT2D eigenvalue weighted by Gasteiger charge is 2.17. The molecule has 0 aliphatic rings. The normalized spacial score (nSPS) is 11.6. The molecule has 3 aromatic rings. The van der Waals surface area contributed by atoms with Crippen LogP contribution in [0.5, 0.6) is 5.75 Å². The lowest BCUT2D eigenvalue weighted by Gasteiger charge is -2.20. The van der Waals surface area contributed by atoms with Gasteiger partial charge in [-0.1, -0.05) is 73.3 Å². The molecule has 1 unspecified atom stereocenters. The van der Waals surface area contributed by atoms with E-state index in [1.165, 1.54) is 0 Å². The van der Waals surface area contributed by atoms with Gasteiger partial charge in [-0.25, -0.2) is 0 Å². The summed E-state index contributed by atoms with van der Waals surface area (Å²) in [6, 6.07) is 26.3. The average molecular weight is 331 g/mol. The van der Waals surface area contributed by atoms with Crippen molar-refractivity contribution >= 4 is 0 Å². The third-order valence-corrected chi connectivity index (χ3v) is 4.29. The summed E-state index contributed by atoms with van der Waals surface area (Å²) in [4.78, 5) is 0. The van der Waals surface area contributed by atoms with Gasteiger partial charge in [0.1, 0.15) is 5.75 Å².